The van der Waals surface area contributed by atoms with Gasteiger partial charge in [0, 0.05) is 33.6 Å². The maximum Gasteiger partial charge on any atom is 0.216 e. The number of fused-ring (bicyclic) bond motifs is 1. The molecule has 1 amide bonds. The van der Waals surface area contributed by atoms with E-state index in [4.69, 9.17) is 9.72 Å². The number of thiazole rings is 1. The highest BCUT2D eigenvalue weighted by atomic mass is 32.1. The highest BCUT2D eigenvalue weighted by Crippen LogP contribution is 2.41. The summed E-state index contributed by atoms with van der Waals surface area (Å²) in [6.07, 6.45) is 4.33. The van der Waals surface area contributed by atoms with Crippen molar-refractivity contribution in [2.24, 2.45) is 7.05 Å². The number of rotatable bonds is 3. The molecule has 1 atom stereocenters. The fourth-order valence-electron chi connectivity index (χ4n) is 3.98. The molecule has 0 bridgehead atoms. The first-order valence-corrected chi connectivity index (χ1v) is 9.75. The smallest absolute Gasteiger partial charge is 0.216 e. The Hall–Kier alpha value is -1.67. The normalized spacial score (nSPS) is 22.8. The quantitative estimate of drug-likeness (QED) is 0.903. The van der Waals surface area contributed by atoms with Crippen molar-refractivity contribution in [1.29, 1.82) is 0 Å². The van der Waals surface area contributed by atoms with E-state index in [0.717, 1.165) is 55.2 Å². The first kappa shape index (κ1) is 16.8. The van der Waals surface area contributed by atoms with Crippen LogP contribution in [0.1, 0.15) is 38.3 Å². The molecule has 0 saturated carbocycles. The van der Waals surface area contributed by atoms with E-state index in [2.05, 4.69) is 15.3 Å². The minimum Gasteiger partial charge on any atom is -0.370 e. The van der Waals surface area contributed by atoms with Crippen molar-refractivity contribution in [2.45, 2.75) is 51.2 Å². The molecule has 2 saturated heterocycles. The molecule has 1 spiro atoms. The number of nitrogens with zero attached hydrogens (tertiary/aromatic N) is 4. The summed E-state index contributed by atoms with van der Waals surface area (Å²) in [5.74, 6) is 0.0139. The first-order valence-electron chi connectivity index (χ1n) is 8.93. The summed E-state index contributed by atoms with van der Waals surface area (Å²) >= 11 is 1.74. The average molecular weight is 363 g/mol. The van der Waals surface area contributed by atoms with Crippen LogP contribution in [0.2, 0.25) is 0 Å². The van der Waals surface area contributed by atoms with Gasteiger partial charge in [-0.15, -0.1) is 0 Å². The molecule has 0 aliphatic carbocycles. The van der Waals surface area contributed by atoms with Crippen molar-refractivity contribution >= 4 is 32.7 Å². The Morgan fingerprint density at radius 3 is 2.84 bits per heavy atom. The van der Waals surface area contributed by atoms with Crippen LogP contribution in [0.25, 0.3) is 10.3 Å². The van der Waals surface area contributed by atoms with Crippen LogP contribution in [0.3, 0.4) is 0 Å². The molecule has 2 aliphatic heterocycles. The molecule has 8 heteroatoms. The van der Waals surface area contributed by atoms with Gasteiger partial charge in [0.1, 0.15) is 0 Å². The van der Waals surface area contributed by atoms with Crippen LogP contribution >= 0.6 is 11.3 Å². The lowest BCUT2D eigenvalue weighted by Gasteiger charge is -2.39. The van der Waals surface area contributed by atoms with Gasteiger partial charge in [-0.2, -0.15) is 5.10 Å². The number of anilines is 1. The molecule has 4 heterocycles. The SMILES string of the molecule is CC(=O)NCC1CCC2(CCN(c3nc4c(s3)c(C)nn4C)CC2)O1. The summed E-state index contributed by atoms with van der Waals surface area (Å²) < 4.78 is 9.38. The number of aromatic nitrogens is 3. The second-order valence-corrected chi connectivity index (χ2v) is 8.22. The van der Waals surface area contributed by atoms with Gasteiger partial charge in [-0.1, -0.05) is 11.3 Å². The Morgan fingerprint density at radius 1 is 1.40 bits per heavy atom. The van der Waals surface area contributed by atoms with E-state index in [1.54, 1.807) is 18.3 Å². The number of nitrogens with one attached hydrogen (secondary N) is 1. The zero-order valence-corrected chi connectivity index (χ0v) is 15.9. The van der Waals surface area contributed by atoms with Crippen molar-refractivity contribution in [1.82, 2.24) is 20.1 Å². The number of piperidine rings is 1. The van der Waals surface area contributed by atoms with Gasteiger partial charge in [0.15, 0.2) is 10.8 Å². The third-order valence-corrected chi connectivity index (χ3v) is 6.61. The van der Waals surface area contributed by atoms with E-state index in [9.17, 15) is 4.79 Å². The van der Waals surface area contributed by atoms with Crippen molar-refractivity contribution in [3.63, 3.8) is 0 Å². The number of aryl methyl sites for hydroxylation is 2. The molecular weight excluding hydrogens is 338 g/mol. The fraction of sp³-hybridized carbons (Fsp3) is 0.706. The molecule has 4 rings (SSSR count). The maximum atomic E-state index is 11.1. The number of hydrogen-bond donors (Lipinski definition) is 1. The highest BCUT2D eigenvalue weighted by Gasteiger charge is 2.42. The summed E-state index contributed by atoms with van der Waals surface area (Å²) in [6.45, 7) is 6.17. The summed E-state index contributed by atoms with van der Waals surface area (Å²) in [6, 6.07) is 0. The molecule has 2 aromatic heterocycles. The third-order valence-electron chi connectivity index (χ3n) is 5.40. The predicted molar refractivity (Wildman–Crippen MR) is 98.1 cm³/mol. The zero-order valence-electron chi connectivity index (χ0n) is 15.0. The fourth-order valence-corrected chi connectivity index (χ4v) is 5.06. The molecule has 7 nitrogen and oxygen atoms in total. The van der Waals surface area contributed by atoms with E-state index in [1.807, 2.05) is 18.7 Å². The van der Waals surface area contributed by atoms with E-state index in [-0.39, 0.29) is 17.6 Å². The van der Waals surface area contributed by atoms with Gasteiger partial charge in [0.2, 0.25) is 5.91 Å². The van der Waals surface area contributed by atoms with E-state index in [0.29, 0.717) is 6.54 Å². The second-order valence-electron chi connectivity index (χ2n) is 7.24. The van der Waals surface area contributed by atoms with Crippen molar-refractivity contribution in [2.75, 3.05) is 24.5 Å². The lowest BCUT2D eigenvalue weighted by atomic mass is 9.89. The first-order chi connectivity index (χ1) is 12.0. The van der Waals surface area contributed by atoms with Crippen LogP contribution in [-0.2, 0) is 16.6 Å². The Balaban J connectivity index is 1.39. The Bertz CT molecular complexity index is 756. The molecule has 0 radical (unpaired) electrons. The van der Waals surface area contributed by atoms with Gasteiger partial charge in [-0.05, 0) is 32.6 Å². The minimum absolute atomic E-state index is 0.00616. The molecule has 25 heavy (non-hydrogen) atoms. The van der Waals surface area contributed by atoms with Crippen molar-refractivity contribution in [3.05, 3.63) is 5.69 Å². The zero-order chi connectivity index (χ0) is 17.6. The van der Waals surface area contributed by atoms with E-state index < -0.39 is 0 Å². The third kappa shape index (κ3) is 3.13. The molecule has 136 valence electrons. The maximum absolute atomic E-state index is 11.1. The summed E-state index contributed by atoms with van der Waals surface area (Å²) in [4.78, 5) is 18.2. The van der Waals surface area contributed by atoms with Crippen molar-refractivity contribution in [3.8, 4) is 0 Å². The molecule has 0 aromatic carbocycles. The van der Waals surface area contributed by atoms with Gasteiger partial charge in [0.25, 0.3) is 0 Å². The number of carbonyl (C=O) groups excluding carboxylic acids is 1. The number of ether oxygens (including phenoxy) is 1. The van der Waals surface area contributed by atoms with Crippen molar-refractivity contribution < 1.29 is 9.53 Å². The largest absolute Gasteiger partial charge is 0.370 e. The second kappa shape index (κ2) is 6.25. The Kier molecular flexibility index (Phi) is 4.19. The highest BCUT2D eigenvalue weighted by molar-refractivity contribution is 7.22. The van der Waals surface area contributed by atoms with E-state index in [1.165, 1.54) is 4.70 Å². The summed E-state index contributed by atoms with van der Waals surface area (Å²) in [5, 5.41) is 8.40. The molecule has 2 fully saturated rings. The van der Waals surface area contributed by atoms with Gasteiger partial charge >= 0.3 is 0 Å². The van der Waals surface area contributed by atoms with Gasteiger partial charge < -0.3 is 15.0 Å². The van der Waals surface area contributed by atoms with Crippen LogP contribution in [-0.4, -0.2) is 52.0 Å². The topological polar surface area (TPSA) is 72.3 Å². The Morgan fingerprint density at radius 2 is 2.16 bits per heavy atom. The lowest BCUT2D eigenvalue weighted by Crippen LogP contribution is -2.45. The van der Waals surface area contributed by atoms with Gasteiger partial charge in [-0.25, -0.2) is 9.67 Å². The van der Waals surface area contributed by atoms with E-state index >= 15 is 0 Å². The number of amides is 1. The number of hydrogen-bond acceptors (Lipinski definition) is 6. The minimum atomic E-state index is -0.00616. The van der Waals surface area contributed by atoms with Gasteiger partial charge in [-0.3, -0.25) is 4.79 Å². The summed E-state index contributed by atoms with van der Waals surface area (Å²) in [5.41, 5.74) is 2.02. The standard InChI is InChI=1S/C17H25N5O2S/c1-11-14-15(21(3)20-11)19-16(25-14)22-8-6-17(7-9-22)5-4-13(24-17)10-18-12(2)23/h13H,4-10H2,1-3H3,(H,18,23). The average Bonchev–Trinajstić information content (AvgIpc) is 3.24. The van der Waals surface area contributed by atoms with Crippen LogP contribution < -0.4 is 10.2 Å². The summed E-state index contributed by atoms with van der Waals surface area (Å²) in [7, 11) is 1.95. The monoisotopic (exact) mass is 363 g/mol. The molecule has 1 N–H and O–H groups in total. The van der Waals surface area contributed by atoms with Crippen LogP contribution in [0, 0.1) is 6.92 Å². The molecule has 2 aliphatic rings. The lowest BCUT2D eigenvalue weighted by molar-refractivity contribution is -0.120. The van der Waals surface area contributed by atoms with Gasteiger partial charge in [0.05, 0.1) is 22.1 Å². The molecule has 2 aromatic rings. The predicted octanol–water partition coefficient (Wildman–Crippen LogP) is 1.99. The Labute approximate surface area is 151 Å². The molecular formula is C17H25N5O2S. The molecule has 1 unspecified atom stereocenters. The number of carbonyl (C=O) groups is 1. The van der Waals surface area contributed by atoms with Crippen LogP contribution in [0.5, 0.6) is 0 Å². The van der Waals surface area contributed by atoms with Crippen LogP contribution in [0.15, 0.2) is 0 Å². The van der Waals surface area contributed by atoms with Crippen LogP contribution in [0.4, 0.5) is 5.13 Å².